The number of hydrogen-bond donors (Lipinski definition) is 1. The Kier molecular flexibility index (Phi) is 8.08. The van der Waals surface area contributed by atoms with Gasteiger partial charge >= 0.3 is 5.97 Å². The highest BCUT2D eigenvalue weighted by atomic mass is 35.5. The summed E-state index contributed by atoms with van der Waals surface area (Å²) in [6, 6.07) is 12.4. The van der Waals surface area contributed by atoms with E-state index < -0.39 is 23.5 Å². The summed E-state index contributed by atoms with van der Waals surface area (Å²) in [4.78, 5) is 40.8. The van der Waals surface area contributed by atoms with Crippen molar-refractivity contribution in [1.29, 1.82) is 0 Å². The number of nitrogens with zero attached hydrogens (tertiary/aromatic N) is 1. The van der Waals surface area contributed by atoms with Crippen molar-refractivity contribution >= 4 is 52.0 Å². The molecule has 2 aromatic carbocycles. The number of ether oxygens (including phenoxy) is 3. The number of anilines is 1. The number of carbonyl (C=O) groups is 3. The molecule has 10 heteroatoms. The van der Waals surface area contributed by atoms with Gasteiger partial charge in [0, 0.05) is 16.6 Å². The van der Waals surface area contributed by atoms with Gasteiger partial charge in [-0.15, -0.1) is 11.3 Å². The van der Waals surface area contributed by atoms with Gasteiger partial charge in [0.2, 0.25) is 0 Å². The molecule has 1 amide bonds. The Morgan fingerprint density at radius 1 is 1.08 bits per heavy atom. The number of benzene rings is 2. The summed E-state index contributed by atoms with van der Waals surface area (Å²) in [5, 5.41) is 13.5. The van der Waals surface area contributed by atoms with E-state index in [0.29, 0.717) is 16.1 Å². The van der Waals surface area contributed by atoms with E-state index in [0.717, 1.165) is 0 Å². The normalized spacial score (nSPS) is 16.7. The standard InChI is InChI=1S/C28H26ClNO7S/c1-15(2)37-23(31)12-16-7-9-17(10-8-16)30-25(22-6-5-11-38-22)24(27(33)28(30)34)26(32)18-13-21(36-4)19(29)14-20(18)35-3/h5-11,13-15,25,32H,12H2,1-4H3/b26-24+. The third-order valence-electron chi connectivity index (χ3n) is 5.92. The molecule has 1 aliphatic heterocycles. The molecule has 1 saturated heterocycles. The van der Waals surface area contributed by atoms with Crippen LogP contribution in [-0.4, -0.2) is 43.1 Å². The van der Waals surface area contributed by atoms with E-state index in [1.807, 2.05) is 5.38 Å². The van der Waals surface area contributed by atoms with Gasteiger partial charge in [0.25, 0.3) is 11.7 Å². The fourth-order valence-corrected chi connectivity index (χ4v) is 5.31. The maximum atomic E-state index is 13.4. The van der Waals surface area contributed by atoms with E-state index in [1.54, 1.807) is 50.2 Å². The number of esters is 1. The Hall–Kier alpha value is -3.82. The van der Waals surface area contributed by atoms with Crippen LogP contribution in [0.15, 0.2) is 59.5 Å². The molecule has 1 fully saturated rings. The molecule has 38 heavy (non-hydrogen) atoms. The minimum absolute atomic E-state index is 0.0732. The molecular formula is C28H26ClNO7S. The predicted octanol–water partition coefficient (Wildman–Crippen LogP) is 5.54. The first-order valence-corrected chi connectivity index (χ1v) is 13.0. The molecule has 8 nitrogen and oxygen atoms in total. The molecule has 1 unspecified atom stereocenters. The first kappa shape index (κ1) is 27.2. The van der Waals surface area contributed by atoms with Crippen molar-refractivity contribution in [2.24, 2.45) is 0 Å². The van der Waals surface area contributed by atoms with Gasteiger partial charge in [-0.05, 0) is 49.1 Å². The average molecular weight is 556 g/mol. The van der Waals surface area contributed by atoms with E-state index in [2.05, 4.69) is 0 Å². The molecule has 0 aliphatic carbocycles. The molecule has 198 valence electrons. The number of Topliss-reactive ketones (excluding diaryl/α,β-unsaturated/α-hetero) is 1. The van der Waals surface area contributed by atoms with Crippen LogP contribution in [0, 0.1) is 0 Å². The lowest BCUT2D eigenvalue weighted by molar-refractivity contribution is -0.146. The number of rotatable bonds is 8. The zero-order valence-electron chi connectivity index (χ0n) is 21.2. The predicted molar refractivity (Wildman–Crippen MR) is 145 cm³/mol. The molecule has 0 bridgehead atoms. The van der Waals surface area contributed by atoms with Gasteiger partial charge in [-0.1, -0.05) is 29.8 Å². The van der Waals surface area contributed by atoms with Crippen LogP contribution in [0.1, 0.15) is 35.9 Å². The molecule has 1 atom stereocenters. The monoisotopic (exact) mass is 555 g/mol. The van der Waals surface area contributed by atoms with E-state index in [4.69, 9.17) is 25.8 Å². The average Bonchev–Trinajstić information content (AvgIpc) is 3.50. The zero-order chi connectivity index (χ0) is 27.6. The maximum Gasteiger partial charge on any atom is 0.310 e. The lowest BCUT2D eigenvalue weighted by Crippen LogP contribution is -2.29. The summed E-state index contributed by atoms with van der Waals surface area (Å²) in [6.07, 6.45) is -0.150. The topological polar surface area (TPSA) is 102 Å². The molecule has 0 spiro atoms. The van der Waals surface area contributed by atoms with E-state index in [-0.39, 0.29) is 46.2 Å². The molecular weight excluding hydrogens is 530 g/mol. The lowest BCUT2D eigenvalue weighted by Gasteiger charge is -2.24. The van der Waals surface area contributed by atoms with Gasteiger partial charge in [-0.2, -0.15) is 0 Å². The van der Waals surface area contributed by atoms with Crippen molar-refractivity contribution < 1.29 is 33.7 Å². The Morgan fingerprint density at radius 3 is 2.34 bits per heavy atom. The number of ketones is 1. The number of amides is 1. The van der Waals surface area contributed by atoms with Crippen LogP contribution in [0.2, 0.25) is 5.02 Å². The van der Waals surface area contributed by atoms with Crippen LogP contribution in [0.5, 0.6) is 11.5 Å². The summed E-state index contributed by atoms with van der Waals surface area (Å²) in [5.41, 5.74) is 1.20. The smallest absolute Gasteiger partial charge is 0.310 e. The maximum absolute atomic E-state index is 13.4. The number of hydrogen-bond acceptors (Lipinski definition) is 8. The summed E-state index contributed by atoms with van der Waals surface area (Å²) in [7, 11) is 2.83. The molecule has 0 radical (unpaired) electrons. The van der Waals surface area contributed by atoms with Gasteiger partial charge in [0.15, 0.2) is 0 Å². The third-order valence-corrected chi connectivity index (χ3v) is 7.14. The summed E-state index contributed by atoms with van der Waals surface area (Å²) >= 11 is 7.57. The van der Waals surface area contributed by atoms with Gasteiger partial charge in [-0.3, -0.25) is 19.3 Å². The second kappa shape index (κ2) is 11.3. The number of halogens is 1. The van der Waals surface area contributed by atoms with Crippen LogP contribution >= 0.6 is 22.9 Å². The Bertz CT molecular complexity index is 1400. The van der Waals surface area contributed by atoms with Gasteiger partial charge in [0.05, 0.1) is 42.9 Å². The number of thiophene rings is 1. The molecule has 3 aromatic rings. The molecule has 1 aromatic heterocycles. The van der Waals surface area contributed by atoms with Crippen molar-refractivity contribution in [1.82, 2.24) is 0 Å². The minimum atomic E-state index is -0.891. The van der Waals surface area contributed by atoms with Crippen molar-refractivity contribution in [2.45, 2.75) is 32.4 Å². The molecule has 1 aliphatic rings. The van der Waals surface area contributed by atoms with Crippen molar-refractivity contribution in [3.05, 3.63) is 80.5 Å². The van der Waals surface area contributed by atoms with Crippen LogP contribution in [-0.2, 0) is 25.5 Å². The van der Waals surface area contributed by atoms with Gasteiger partial charge < -0.3 is 19.3 Å². The van der Waals surface area contributed by atoms with Gasteiger partial charge in [-0.25, -0.2) is 0 Å². The first-order valence-electron chi connectivity index (χ1n) is 11.7. The SMILES string of the molecule is COc1cc(/C(O)=C2\C(=O)C(=O)N(c3ccc(CC(=O)OC(C)C)cc3)C2c2cccs2)c(OC)cc1Cl. The fraction of sp³-hybridized carbons (Fsp3) is 0.250. The highest BCUT2D eigenvalue weighted by Crippen LogP contribution is 2.45. The minimum Gasteiger partial charge on any atom is -0.507 e. The zero-order valence-corrected chi connectivity index (χ0v) is 22.8. The summed E-state index contributed by atoms with van der Waals surface area (Å²) in [6.45, 7) is 3.55. The van der Waals surface area contributed by atoms with Crippen LogP contribution < -0.4 is 14.4 Å². The van der Waals surface area contributed by atoms with Crippen LogP contribution in [0.25, 0.3) is 5.76 Å². The van der Waals surface area contributed by atoms with E-state index in [1.165, 1.54) is 42.6 Å². The third kappa shape index (κ3) is 5.25. The molecule has 2 heterocycles. The van der Waals surface area contributed by atoms with Crippen molar-refractivity contribution in [3.63, 3.8) is 0 Å². The highest BCUT2D eigenvalue weighted by Gasteiger charge is 2.47. The fourth-order valence-electron chi connectivity index (χ4n) is 4.25. The molecule has 0 saturated carbocycles. The summed E-state index contributed by atoms with van der Waals surface area (Å²) < 4.78 is 15.9. The highest BCUT2D eigenvalue weighted by molar-refractivity contribution is 7.10. The number of carbonyl (C=O) groups excluding carboxylic acids is 3. The largest absolute Gasteiger partial charge is 0.507 e. The Balaban J connectivity index is 1.80. The second-order valence-corrected chi connectivity index (χ2v) is 10.1. The second-order valence-electron chi connectivity index (χ2n) is 8.75. The Labute approximate surface area is 229 Å². The van der Waals surface area contributed by atoms with E-state index in [9.17, 15) is 19.5 Å². The van der Waals surface area contributed by atoms with Crippen LogP contribution in [0.3, 0.4) is 0 Å². The van der Waals surface area contributed by atoms with Crippen LogP contribution in [0.4, 0.5) is 5.69 Å². The quantitative estimate of drug-likeness (QED) is 0.168. The van der Waals surface area contributed by atoms with Crippen molar-refractivity contribution in [2.75, 3.05) is 19.1 Å². The Morgan fingerprint density at radius 2 is 1.76 bits per heavy atom. The first-order chi connectivity index (χ1) is 18.2. The molecule has 1 N–H and O–H groups in total. The van der Waals surface area contributed by atoms with E-state index >= 15 is 0 Å². The lowest BCUT2D eigenvalue weighted by atomic mass is 9.99. The molecule has 4 rings (SSSR count). The van der Waals surface area contributed by atoms with Gasteiger partial charge in [0.1, 0.15) is 23.3 Å². The number of methoxy groups -OCH3 is 2. The van der Waals surface area contributed by atoms with Crippen molar-refractivity contribution in [3.8, 4) is 11.5 Å². The summed E-state index contributed by atoms with van der Waals surface area (Å²) in [5.74, 6) is -1.94. The number of aliphatic hydroxyl groups is 1. The number of aliphatic hydroxyl groups excluding tert-OH is 1.